The van der Waals surface area contributed by atoms with Gasteiger partial charge in [0, 0.05) is 0 Å². The Morgan fingerprint density at radius 2 is 1.20 bits per heavy atom. The molecule has 0 saturated carbocycles. The van der Waals surface area contributed by atoms with E-state index in [2.05, 4.69) is 6.92 Å². The Labute approximate surface area is 138 Å². The fourth-order valence-corrected chi connectivity index (χ4v) is 1.63. The molecular weight excluding hydrogens is 321 g/mol. The molecule has 0 amide bonds. The number of unbranched alkanes of at least 4 members (excludes halogenated alkanes) is 9. The van der Waals surface area contributed by atoms with Gasteiger partial charge in [-0.05, 0) is 13.0 Å². The summed E-state index contributed by atoms with van der Waals surface area (Å²) in [5, 5.41) is 7.85. The molecule has 0 radical (unpaired) electrons. The molecule has 0 aliphatic carbocycles. The standard InChI is InChI=1S/C12H27N.C2HCl3O2/c1-2-3-4-5-6-7-8-9-10-11-12-13;3-2(4,5)1(6)7/h2-13H2,1H3;(H,6,7). The summed E-state index contributed by atoms with van der Waals surface area (Å²) in [6, 6.07) is 0. The van der Waals surface area contributed by atoms with Crippen LogP contribution in [0.5, 0.6) is 0 Å². The molecule has 0 aromatic carbocycles. The highest BCUT2D eigenvalue weighted by molar-refractivity contribution is 6.75. The highest BCUT2D eigenvalue weighted by Crippen LogP contribution is 2.25. The Morgan fingerprint density at radius 1 is 0.900 bits per heavy atom. The topological polar surface area (TPSA) is 63.3 Å². The van der Waals surface area contributed by atoms with Crippen LogP contribution in [0.1, 0.15) is 71.1 Å². The van der Waals surface area contributed by atoms with Crippen LogP contribution in [0.4, 0.5) is 0 Å². The van der Waals surface area contributed by atoms with Gasteiger partial charge in [-0.2, -0.15) is 0 Å². The maximum atomic E-state index is 9.62. The van der Waals surface area contributed by atoms with E-state index in [1.807, 2.05) is 0 Å². The maximum Gasteiger partial charge on any atom is 0.356 e. The average molecular weight is 349 g/mol. The molecule has 0 aromatic heterocycles. The second-order valence-corrected chi connectivity index (χ2v) is 7.05. The number of alkyl halides is 3. The number of nitrogens with two attached hydrogens (primary N) is 1. The minimum atomic E-state index is -2.17. The quantitative estimate of drug-likeness (QED) is 0.415. The summed E-state index contributed by atoms with van der Waals surface area (Å²) in [7, 11) is 0. The summed E-state index contributed by atoms with van der Waals surface area (Å²) in [6.45, 7) is 3.14. The van der Waals surface area contributed by atoms with Crippen LogP contribution in [-0.4, -0.2) is 21.4 Å². The van der Waals surface area contributed by atoms with Crippen LogP contribution in [0.25, 0.3) is 0 Å². The van der Waals surface area contributed by atoms with Crippen LogP contribution >= 0.6 is 34.8 Å². The van der Waals surface area contributed by atoms with Crippen LogP contribution in [0, 0.1) is 0 Å². The molecule has 122 valence electrons. The molecule has 0 heterocycles. The molecule has 20 heavy (non-hydrogen) atoms. The fraction of sp³-hybridized carbons (Fsp3) is 0.929. The van der Waals surface area contributed by atoms with Crippen LogP contribution < -0.4 is 5.73 Å². The number of aliphatic carboxylic acids is 1. The van der Waals surface area contributed by atoms with E-state index in [0.717, 1.165) is 6.54 Å². The highest BCUT2D eigenvalue weighted by Gasteiger charge is 2.29. The SMILES string of the molecule is CCCCCCCCCCCCN.O=C(O)C(Cl)(Cl)Cl. The van der Waals surface area contributed by atoms with Gasteiger partial charge in [0.2, 0.25) is 0 Å². The van der Waals surface area contributed by atoms with E-state index >= 15 is 0 Å². The van der Waals surface area contributed by atoms with E-state index in [1.165, 1.54) is 64.2 Å². The molecule has 0 unspecified atom stereocenters. The summed E-state index contributed by atoms with van der Waals surface area (Å²) in [5.74, 6) is -1.46. The molecular formula is C14H28Cl3NO2. The van der Waals surface area contributed by atoms with Gasteiger partial charge >= 0.3 is 5.97 Å². The summed E-state index contributed by atoms with van der Waals surface area (Å²) in [5.41, 5.74) is 5.42. The summed E-state index contributed by atoms with van der Waals surface area (Å²) < 4.78 is -2.17. The lowest BCUT2D eigenvalue weighted by Crippen LogP contribution is -2.16. The molecule has 0 rings (SSSR count). The largest absolute Gasteiger partial charge is 0.478 e. The number of hydrogen-bond acceptors (Lipinski definition) is 2. The minimum absolute atomic E-state index is 0.872. The molecule has 0 aromatic rings. The van der Waals surface area contributed by atoms with Gasteiger partial charge in [0.05, 0.1) is 0 Å². The predicted molar refractivity (Wildman–Crippen MR) is 88.8 cm³/mol. The van der Waals surface area contributed by atoms with Gasteiger partial charge in [-0.15, -0.1) is 0 Å². The molecule has 0 aliphatic heterocycles. The normalized spacial score (nSPS) is 10.8. The van der Waals surface area contributed by atoms with Gasteiger partial charge in [-0.1, -0.05) is 99.5 Å². The van der Waals surface area contributed by atoms with Crippen molar-refractivity contribution in [2.75, 3.05) is 6.54 Å². The van der Waals surface area contributed by atoms with Crippen LogP contribution in [0.2, 0.25) is 0 Å². The molecule has 3 nitrogen and oxygen atoms in total. The number of rotatable bonds is 10. The third-order valence-corrected chi connectivity index (χ3v) is 3.29. The van der Waals surface area contributed by atoms with Crippen molar-refractivity contribution in [3.05, 3.63) is 0 Å². The lowest BCUT2D eigenvalue weighted by Gasteiger charge is -2.00. The van der Waals surface area contributed by atoms with Crippen molar-refractivity contribution in [3.8, 4) is 0 Å². The number of carbonyl (C=O) groups is 1. The van der Waals surface area contributed by atoms with Crippen LogP contribution in [0.3, 0.4) is 0 Å². The van der Waals surface area contributed by atoms with E-state index in [9.17, 15) is 4.79 Å². The monoisotopic (exact) mass is 347 g/mol. The first-order valence-electron chi connectivity index (χ1n) is 7.36. The fourth-order valence-electron chi connectivity index (χ4n) is 1.63. The second kappa shape index (κ2) is 15.7. The molecule has 6 heteroatoms. The zero-order valence-electron chi connectivity index (χ0n) is 12.3. The molecule has 0 saturated heterocycles. The van der Waals surface area contributed by atoms with E-state index in [0.29, 0.717) is 0 Å². The Hall–Kier alpha value is 0.300. The van der Waals surface area contributed by atoms with Gasteiger partial charge in [-0.3, -0.25) is 0 Å². The van der Waals surface area contributed by atoms with Gasteiger partial charge in [0.25, 0.3) is 3.79 Å². The van der Waals surface area contributed by atoms with E-state index < -0.39 is 9.76 Å². The predicted octanol–water partition coefficient (Wildman–Crippen LogP) is 5.31. The Bertz CT molecular complexity index is 211. The molecule has 0 atom stereocenters. The second-order valence-electron chi connectivity index (χ2n) is 4.77. The van der Waals surface area contributed by atoms with E-state index in [1.54, 1.807) is 0 Å². The van der Waals surface area contributed by atoms with Gasteiger partial charge in [-0.25, -0.2) is 4.79 Å². The van der Waals surface area contributed by atoms with E-state index in [4.69, 9.17) is 45.6 Å². The Morgan fingerprint density at radius 3 is 1.45 bits per heavy atom. The lowest BCUT2D eigenvalue weighted by molar-refractivity contribution is -0.135. The van der Waals surface area contributed by atoms with Gasteiger partial charge in [0.15, 0.2) is 0 Å². The number of halogens is 3. The van der Waals surface area contributed by atoms with Crippen molar-refractivity contribution >= 4 is 40.8 Å². The third kappa shape index (κ3) is 20.6. The smallest absolute Gasteiger partial charge is 0.356 e. The van der Waals surface area contributed by atoms with Crippen molar-refractivity contribution in [1.82, 2.24) is 0 Å². The molecule has 0 fully saturated rings. The summed E-state index contributed by atoms with van der Waals surface area (Å²) >= 11 is 14.4. The zero-order valence-corrected chi connectivity index (χ0v) is 14.6. The number of carboxylic acids is 1. The molecule has 0 bridgehead atoms. The minimum Gasteiger partial charge on any atom is -0.478 e. The highest BCUT2D eigenvalue weighted by atomic mass is 35.6. The third-order valence-electron chi connectivity index (χ3n) is 2.80. The average Bonchev–Trinajstić information content (AvgIpc) is 2.36. The van der Waals surface area contributed by atoms with Crippen molar-refractivity contribution in [1.29, 1.82) is 0 Å². The summed E-state index contributed by atoms with van der Waals surface area (Å²) in [4.78, 5) is 9.62. The molecule has 3 N–H and O–H groups in total. The van der Waals surface area contributed by atoms with Crippen LogP contribution in [-0.2, 0) is 4.79 Å². The Kier molecular flexibility index (Phi) is 17.7. The van der Waals surface area contributed by atoms with Crippen molar-refractivity contribution in [2.24, 2.45) is 5.73 Å². The number of carboxylic acid groups (broad SMARTS) is 1. The van der Waals surface area contributed by atoms with Crippen molar-refractivity contribution in [3.63, 3.8) is 0 Å². The molecule has 0 spiro atoms. The van der Waals surface area contributed by atoms with Crippen LogP contribution in [0.15, 0.2) is 0 Å². The van der Waals surface area contributed by atoms with Crippen molar-refractivity contribution < 1.29 is 9.90 Å². The van der Waals surface area contributed by atoms with E-state index in [-0.39, 0.29) is 0 Å². The maximum absolute atomic E-state index is 9.62. The first kappa shape index (κ1) is 22.6. The lowest BCUT2D eigenvalue weighted by atomic mass is 10.1. The molecule has 0 aliphatic rings. The summed E-state index contributed by atoms with van der Waals surface area (Å²) in [6.07, 6.45) is 13.9. The van der Waals surface area contributed by atoms with Crippen molar-refractivity contribution in [2.45, 2.75) is 74.9 Å². The first-order valence-corrected chi connectivity index (χ1v) is 8.49. The zero-order chi connectivity index (χ0) is 15.9. The van der Waals surface area contributed by atoms with Gasteiger partial charge < -0.3 is 10.8 Å². The Balaban J connectivity index is 0. The number of hydrogen-bond donors (Lipinski definition) is 2. The first-order chi connectivity index (χ1) is 9.36. The van der Waals surface area contributed by atoms with Gasteiger partial charge in [0.1, 0.15) is 0 Å².